The molecule has 0 radical (unpaired) electrons. The van der Waals surface area contributed by atoms with Crippen LogP contribution in [0.2, 0.25) is 0 Å². The van der Waals surface area contributed by atoms with Gasteiger partial charge in [0.25, 0.3) is 0 Å². The number of hydrogen-bond donors (Lipinski definition) is 0. The fourth-order valence-electron chi connectivity index (χ4n) is 2.26. The molecule has 0 spiro atoms. The van der Waals surface area contributed by atoms with Crippen LogP contribution in [0.5, 0.6) is 0 Å². The summed E-state index contributed by atoms with van der Waals surface area (Å²) in [5.74, 6) is 0. The maximum Gasteiger partial charge on any atom is 0.0959 e. The first-order valence-corrected chi connectivity index (χ1v) is 6.78. The van der Waals surface area contributed by atoms with E-state index < -0.39 is 0 Å². The molecule has 3 heteroatoms. The molecule has 0 saturated carbocycles. The predicted molar refractivity (Wildman–Crippen MR) is 76.7 cm³/mol. The Kier molecular flexibility index (Phi) is 2.76. The maximum atomic E-state index is 4.66. The molecule has 1 aromatic carbocycles. The van der Waals surface area contributed by atoms with Crippen molar-refractivity contribution in [2.45, 2.75) is 6.92 Å². The zero-order valence-electron chi connectivity index (χ0n) is 10.4. The lowest BCUT2D eigenvalue weighted by molar-refractivity contribution is 0.780. The highest BCUT2D eigenvalue weighted by Crippen LogP contribution is 2.33. The van der Waals surface area contributed by atoms with Crippen LogP contribution in [0.25, 0.3) is 21.8 Å². The van der Waals surface area contributed by atoms with Gasteiger partial charge in [0, 0.05) is 18.2 Å². The number of aromatic nitrogens is 2. The molecule has 2 aromatic heterocycles. The summed E-state index contributed by atoms with van der Waals surface area (Å²) in [4.78, 5) is 1.27. The van der Waals surface area contributed by atoms with E-state index in [1.807, 2.05) is 29.9 Å². The average molecular weight is 254 g/mol. The number of hydrogen-bond acceptors (Lipinski definition) is 2. The molecule has 0 unspecified atom stereocenters. The Hall–Kier alpha value is -1.87. The lowest BCUT2D eigenvalue weighted by Gasteiger charge is -1.99. The van der Waals surface area contributed by atoms with Crippen LogP contribution < -0.4 is 0 Å². The van der Waals surface area contributed by atoms with E-state index in [9.17, 15) is 0 Å². The van der Waals surface area contributed by atoms with Crippen LogP contribution in [0.15, 0.2) is 47.8 Å². The van der Waals surface area contributed by atoms with E-state index in [-0.39, 0.29) is 0 Å². The molecule has 3 aromatic rings. The van der Waals surface area contributed by atoms with Gasteiger partial charge in [-0.05, 0) is 18.4 Å². The van der Waals surface area contributed by atoms with Gasteiger partial charge in [0.15, 0.2) is 0 Å². The van der Waals surface area contributed by atoms with Crippen molar-refractivity contribution in [3.63, 3.8) is 0 Å². The first-order valence-electron chi connectivity index (χ1n) is 5.90. The molecule has 2 nitrogen and oxygen atoms in total. The smallest absolute Gasteiger partial charge is 0.0959 e. The summed E-state index contributed by atoms with van der Waals surface area (Å²) in [6, 6.07) is 14.6. The third kappa shape index (κ3) is 1.77. The average Bonchev–Trinajstić information content (AvgIpc) is 2.99. The van der Waals surface area contributed by atoms with Crippen molar-refractivity contribution < 1.29 is 0 Å². The molecule has 0 aliphatic carbocycles. The Labute approximate surface area is 111 Å². The molecule has 0 aliphatic rings. The van der Waals surface area contributed by atoms with Crippen molar-refractivity contribution in [3.8, 4) is 21.8 Å². The molecule has 0 saturated heterocycles. The number of aryl methyl sites for hydroxylation is 1. The van der Waals surface area contributed by atoms with Gasteiger partial charge < -0.3 is 0 Å². The van der Waals surface area contributed by atoms with Gasteiger partial charge in [-0.2, -0.15) is 5.10 Å². The van der Waals surface area contributed by atoms with Crippen LogP contribution in [0.1, 0.15) is 5.56 Å². The largest absolute Gasteiger partial charge is 0.266 e. The number of nitrogens with zero attached hydrogens (tertiary/aromatic N) is 2. The Morgan fingerprint density at radius 3 is 2.50 bits per heavy atom. The van der Waals surface area contributed by atoms with Crippen molar-refractivity contribution in [3.05, 3.63) is 53.4 Å². The first-order chi connectivity index (χ1) is 8.77. The lowest BCUT2D eigenvalue weighted by Crippen LogP contribution is -1.92. The summed E-state index contributed by atoms with van der Waals surface area (Å²) in [7, 11) is 2.01. The van der Waals surface area contributed by atoms with E-state index in [0.29, 0.717) is 0 Å². The minimum Gasteiger partial charge on any atom is -0.266 e. The molecule has 0 aliphatic heterocycles. The molecule has 0 atom stereocenters. The van der Waals surface area contributed by atoms with Gasteiger partial charge in [0.2, 0.25) is 0 Å². The van der Waals surface area contributed by atoms with Crippen LogP contribution in [0.4, 0.5) is 0 Å². The molecular weight excluding hydrogens is 240 g/mol. The SMILES string of the molecule is Cc1c(-c2ccccc2)nn(C)c1-c1cccs1. The first kappa shape index (κ1) is 11.2. The molecule has 2 heterocycles. The number of benzene rings is 1. The van der Waals surface area contributed by atoms with Crippen molar-refractivity contribution in [1.82, 2.24) is 9.78 Å². The summed E-state index contributed by atoms with van der Waals surface area (Å²) in [5, 5.41) is 6.76. The van der Waals surface area contributed by atoms with Gasteiger partial charge in [0.05, 0.1) is 16.3 Å². The van der Waals surface area contributed by atoms with Gasteiger partial charge in [-0.25, -0.2) is 0 Å². The van der Waals surface area contributed by atoms with E-state index in [4.69, 9.17) is 0 Å². The van der Waals surface area contributed by atoms with Gasteiger partial charge in [0.1, 0.15) is 0 Å². The summed E-state index contributed by atoms with van der Waals surface area (Å²) in [5.41, 5.74) is 4.70. The van der Waals surface area contributed by atoms with E-state index in [2.05, 4.69) is 41.7 Å². The summed E-state index contributed by atoms with van der Waals surface area (Å²) in [6.07, 6.45) is 0. The fraction of sp³-hybridized carbons (Fsp3) is 0.133. The van der Waals surface area contributed by atoms with Gasteiger partial charge in [-0.15, -0.1) is 11.3 Å². The molecule has 0 bridgehead atoms. The van der Waals surface area contributed by atoms with Crippen molar-refractivity contribution >= 4 is 11.3 Å². The van der Waals surface area contributed by atoms with E-state index in [0.717, 1.165) is 5.69 Å². The summed E-state index contributed by atoms with van der Waals surface area (Å²) >= 11 is 1.75. The monoisotopic (exact) mass is 254 g/mol. The van der Waals surface area contributed by atoms with Crippen LogP contribution in [0, 0.1) is 6.92 Å². The lowest BCUT2D eigenvalue weighted by atomic mass is 10.1. The second kappa shape index (κ2) is 4.42. The highest BCUT2D eigenvalue weighted by atomic mass is 32.1. The Balaban J connectivity index is 2.18. The van der Waals surface area contributed by atoms with Crippen LogP contribution in [-0.2, 0) is 7.05 Å². The number of rotatable bonds is 2. The van der Waals surface area contributed by atoms with E-state index in [1.165, 1.54) is 21.7 Å². The Morgan fingerprint density at radius 1 is 1.06 bits per heavy atom. The molecule has 3 rings (SSSR count). The van der Waals surface area contributed by atoms with Gasteiger partial charge in [-0.3, -0.25) is 4.68 Å². The Bertz CT molecular complexity index is 651. The Morgan fingerprint density at radius 2 is 1.83 bits per heavy atom. The van der Waals surface area contributed by atoms with Crippen molar-refractivity contribution in [2.75, 3.05) is 0 Å². The third-order valence-electron chi connectivity index (χ3n) is 3.09. The summed E-state index contributed by atoms with van der Waals surface area (Å²) < 4.78 is 1.98. The van der Waals surface area contributed by atoms with E-state index in [1.54, 1.807) is 11.3 Å². The zero-order valence-corrected chi connectivity index (χ0v) is 11.2. The molecule has 0 amide bonds. The minimum absolute atomic E-state index is 1.07. The number of thiophene rings is 1. The molecule has 0 fully saturated rings. The molecule has 18 heavy (non-hydrogen) atoms. The van der Waals surface area contributed by atoms with Gasteiger partial charge >= 0.3 is 0 Å². The topological polar surface area (TPSA) is 17.8 Å². The van der Waals surface area contributed by atoms with Crippen molar-refractivity contribution in [2.24, 2.45) is 7.05 Å². The molecule has 90 valence electrons. The second-order valence-corrected chi connectivity index (χ2v) is 5.24. The van der Waals surface area contributed by atoms with Crippen molar-refractivity contribution in [1.29, 1.82) is 0 Å². The molecular formula is C15H14N2S. The minimum atomic E-state index is 1.07. The van der Waals surface area contributed by atoms with Crippen LogP contribution in [0.3, 0.4) is 0 Å². The standard InChI is InChI=1S/C15H14N2S/c1-11-14(12-7-4-3-5-8-12)16-17(2)15(11)13-9-6-10-18-13/h3-10H,1-2H3. The van der Waals surface area contributed by atoms with Crippen LogP contribution in [-0.4, -0.2) is 9.78 Å². The van der Waals surface area contributed by atoms with E-state index >= 15 is 0 Å². The highest BCUT2D eigenvalue weighted by Gasteiger charge is 2.15. The quantitative estimate of drug-likeness (QED) is 0.672. The van der Waals surface area contributed by atoms with Gasteiger partial charge in [-0.1, -0.05) is 36.4 Å². The normalized spacial score (nSPS) is 10.8. The van der Waals surface area contributed by atoms with Crippen LogP contribution >= 0.6 is 11.3 Å². The second-order valence-electron chi connectivity index (χ2n) is 4.29. The maximum absolute atomic E-state index is 4.66. The fourth-order valence-corrected chi connectivity index (χ4v) is 3.12. The third-order valence-corrected chi connectivity index (χ3v) is 3.96. The predicted octanol–water partition coefficient (Wildman–Crippen LogP) is 4.12. The molecule has 0 N–H and O–H groups in total. The summed E-state index contributed by atoms with van der Waals surface area (Å²) in [6.45, 7) is 2.14. The zero-order chi connectivity index (χ0) is 12.5. The highest BCUT2D eigenvalue weighted by molar-refractivity contribution is 7.13.